The van der Waals surface area contributed by atoms with Gasteiger partial charge in [0.05, 0.1) is 30.4 Å². The summed E-state index contributed by atoms with van der Waals surface area (Å²) in [4.78, 5) is 68.4. The van der Waals surface area contributed by atoms with Crippen LogP contribution in [-0.4, -0.2) is 60.5 Å². The standard InChI is InChI=1S/C28H36ClN5O7/c1-28(2,3)26(39)34-27-32-22-18(24(37)33-27)12-16(14-30-22)7-6-15-8-9-17(19(29)13-15)23(36)31-20(25(38)41-5)10-11-21(35)40-4/h8-9,13,16,20H,6-7,10-12,14H2,1-5H3,(H,31,36)(H3,30,32,33,34,37,39)/t16?,20-/m1/s1. The molecule has 0 aliphatic carbocycles. The SMILES string of the molecule is COC(=O)CC[C@@H](NC(=O)c1ccc(CCC2CNc3nc(NC(=O)C(C)(C)C)[nH]c(=O)c3C2)cc1Cl)C(=O)OC. The van der Waals surface area contributed by atoms with Crippen LogP contribution in [0.1, 0.15) is 61.5 Å². The average molecular weight is 590 g/mol. The van der Waals surface area contributed by atoms with Gasteiger partial charge in [-0.3, -0.25) is 29.5 Å². The lowest BCUT2D eigenvalue weighted by Gasteiger charge is -2.25. The van der Waals surface area contributed by atoms with Gasteiger partial charge >= 0.3 is 11.9 Å². The van der Waals surface area contributed by atoms with Gasteiger partial charge in [0.15, 0.2) is 0 Å². The van der Waals surface area contributed by atoms with Gasteiger partial charge in [0, 0.05) is 18.4 Å². The van der Waals surface area contributed by atoms with Crippen molar-refractivity contribution in [2.75, 3.05) is 31.4 Å². The number of methoxy groups -OCH3 is 2. The summed E-state index contributed by atoms with van der Waals surface area (Å²) < 4.78 is 9.32. The Bertz CT molecular complexity index is 1370. The highest BCUT2D eigenvalue weighted by Gasteiger charge is 2.27. The maximum Gasteiger partial charge on any atom is 0.328 e. The molecule has 12 nitrogen and oxygen atoms in total. The molecule has 2 amide bonds. The number of halogens is 1. The first kappa shape index (κ1) is 31.6. The molecule has 0 spiro atoms. The molecule has 2 aromatic rings. The number of anilines is 2. The molecule has 0 saturated carbocycles. The Morgan fingerprint density at radius 3 is 2.54 bits per heavy atom. The van der Waals surface area contributed by atoms with Crippen LogP contribution in [0, 0.1) is 11.3 Å². The van der Waals surface area contributed by atoms with E-state index in [0.29, 0.717) is 30.8 Å². The monoisotopic (exact) mass is 589 g/mol. The third-order valence-corrected chi connectivity index (χ3v) is 7.07. The quantitative estimate of drug-likeness (QED) is 0.304. The molecule has 41 heavy (non-hydrogen) atoms. The van der Waals surface area contributed by atoms with Crippen molar-refractivity contribution in [2.24, 2.45) is 11.3 Å². The second-order valence-electron chi connectivity index (χ2n) is 10.9. The Morgan fingerprint density at radius 2 is 1.90 bits per heavy atom. The summed E-state index contributed by atoms with van der Waals surface area (Å²) in [6.45, 7) is 5.92. The number of nitrogens with zero attached hydrogens (tertiary/aromatic N) is 1. The highest BCUT2D eigenvalue weighted by Crippen LogP contribution is 2.26. The highest BCUT2D eigenvalue weighted by atomic mass is 35.5. The Kier molecular flexibility index (Phi) is 10.5. The van der Waals surface area contributed by atoms with E-state index in [0.717, 1.165) is 12.0 Å². The number of nitrogens with one attached hydrogen (secondary N) is 4. The molecule has 0 fully saturated rings. The van der Waals surface area contributed by atoms with E-state index in [4.69, 9.17) is 16.3 Å². The van der Waals surface area contributed by atoms with Gasteiger partial charge in [-0.1, -0.05) is 38.4 Å². The maximum absolute atomic E-state index is 12.8. The summed E-state index contributed by atoms with van der Waals surface area (Å²) in [6, 6.07) is 4.02. The Hall–Kier alpha value is -3.93. The molecule has 2 atom stereocenters. The molecule has 4 N–H and O–H groups in total. The predicted molar refractivity (Wildman–Crippen MR) is 153 cm³/mol. The molecule has 0 saturated heterocycles. The number of hydrogen-bond acceptors (Lipinski definition) is 9. The van der Waals surface area contributed by atoms with Crippen LogP contribution in [-0.2, 0) is 36.7 Å². The maximum atomic E-state index is 12.8. The van der Waals surface area contributed by atoms with E-state index < -0.39 is 29.3 Å². The summed E-state index contributed by atoms with van der Waals surface area (Å²) in [5, 5.41) is 8.64. The molecule has 1 unspecified atom stereocenters. The smallest absolute Gasteiger partial charge is 0.328 e. The molecule has 0 bridgehead atoms. The van der Waals surface area contributed by atoms with Crippen LogP contribution in [0.2, 0.25) is 5.02 Å². The van der Waals surface area contributed by atoms with Gasteiger partial charge < -0.3 is 20.1 Å². The number of H-pyrrole nitrogens is 1. The third kappa shape index (κ3) is 8.53. The van der Waals surface area contributed by atoms with Crippen molar-refractivity contribution in [3.63, 3.8) is 0 Å². The number of aryl methyl sites for hydroxylation is 1. The number of aromatic nitrogens is 2. The van der Waals surface area contributed by atoms with Crippen molar-refractivity contribution in [1.29, 1.82) is 0 Å². The zero-order valence-electron chi connectivity index (χ0n) is 23.8. The van der Waals surface area contributed by atoms with Gasteiger partial charge in [0.2, 0.25) is 11.9 Å². The number of hydrogen-bond donors (Lipinski definition) is 4. The number of benzene rings is 1. The third-order valence-electron chi connectivity index (χ3n) is 6.75. The van der Waals surface area contributed by atoms with Crippen LogP contribution >= 0.6 is 11.6 Å². The summed E-state index contributed by atoms with van der Waals surface area (Å²) in [5.74, 6) is -1.29. The predicted octanol–water partition coefficient (Wildman–Crippen LogP) is 2.85. The molecule has 222 valence electrons. The molecule has 0 radical (unpaired) electrons. The molecule has 1 aromatic heterocycles. The minimum atomic E-state index is -1.03. The highest BCUT2D eigenvalue weighted by molar-refractivity contribution is 6.34. The normalized spacial score (nSPS) is 15.1. The van der Waals surface area contributed by atoms with Crippen LogP contribution in [0.5, 0.6) is 0 Å². The average Bonchev–Trinajstić information content (AvgIpc) is 2.93. The van der Waals surface area contributed by atoms with Crippen LogP contribution in [0.4, 0.5) is 11.8 Å². The fraction of sp³-hybridized carbons (Fsp3) is 0.500. The largest absolute Gasteiger partial charge is 0.469 e. The molecule has 13 heteroatoms. The Labute approximate surface area is 242 Å². The molecular formula is C28H36ClN5O7. The number of esters is 2. The number of aromatic amines is 1. The van der Waals surface area contributed by atoms with Gasteiger partial charge in [-0.05, 0) is 49.3 Å². The lowest BCUT2D eigenvalue weighted by Crippen LogP contribution is -2.42. The first-order valence-corrected chi connectivity index (χ1v) is 13.6. The zero-order chi connectivity index (χ0) is 30.3. The molecule has 1 aliphatic heterocycles. The topological polar surface area (TPSA) is 169 Å². The van der Waals surface area contributed by atoms with Crippen molar-refractivity contribution in [1.82, 2.24) is 15.3 Å². The van der Waals surface area contributed by atoms with Crippen LogP contribution < -0.4 is 21.5 Å². The first-order chi connectivity index (χ1) is 19.3. The first-order valence-electron chi connectivity index (χ1n) is 13.2. The van der Waals surface area contributed by atoms with Crippen LogP contribution in [0.15, 0.2) is 23.0 Å². The van der Waals surface area contributed by atoms with E-state index in [2.05, 4.69) is 30.7 Å². The minimum absolute atomic E-state index is 0.0184. The van der Waals surface area contributed by atoms with E-state index in [1.165, 1.54) is 14.2 Å². The number of carbonyl (C=O) groups excluding carboxylic acids is 4. The molecule has 2 heterocycles. The number of ether oxygens (including phenoxy) is 2. The van der Waals surface area contributed by atoms with E-state index in [-0.39, 0.29) is 46.8 Å². The fourth-order valence-electron chi connectivity index (χ4n) is 4.25. The molecule has 3 rings (SSSR count). The van der Waals surface area contributed by atoms with Crippen molar-refractivity contribution in [3.8, 4) is 0 Å². The lowest BCUT2D eigenvalue weighted by atomic mass is 9.91. The van der Waals surface area contributed by atoms with E-state index >= 15 is 0 Å². The van der Waals surface area contributed by atoms with E-state index in [1.54, 1.807) is 39.0 Å². The number of amides is 2. The van der Waals surface area contributed by atoms with Crippen molar-refractivity contribution < 1.29 is 28.7 Å². The van der Waals surface area contributed by atoms with Gasteiger partial charge in [-0.15, -0.1) is 0 Å². The number of rotatable bonds is 10. The molecule has 1 aromatic carbocycles. The Balaban J connectivity index is 1.60. The van der Waals surface area contributed by atoms with Crippen molar-refractivity contribution in [3.05, 3.63) is 50.3 Å². The van der Waals surface area contributed by atoms with Gasteiger partial charge in [0.25, 0.3) is 11.5 Å². The summed E-state index contributed by atoms with van der Waals surface area (Å²) >= 11 is 6.41. The zero-order valence-corrected chi connectivity index (χ0v) is 24.6. The lowest BCUT2D eigenvalue weighted by molar-refractivity contribution is -0.144. The van der Waals surface area contributed by atoms with Crippen LogP contribution in [0.25, 0.3) is 0 Å². The van der Waals surface area contributed by atoms with Crippen LogP contribution in [0.3, 0.4) is 0 Å². The second kappa shape index (κ2) is 13.6. The number of fused-ring (bicyclic) bond motifs is 1. The second-order valence-corrected chi connectivity index (χ2v) is 11.3. The van der Waals surface area contributed by atoms with Crippen molar-refractivity contribution >= 4 is 47.1 Å². The van der Waals surface area contributed by atoms with E-state index in [9.17, 15) is 24.0 Å². The summed E-state index contributed by atoms with van der Waals surface area (Å²) in [6.07, 6.45) is 1.87. The van der Waals surface area contributed by atoms with Crippen molar-refractivity contribution in [2.45, 2.75) is 58.9 Å². The fourth-order valence-corrected chi connectivity index (χ4v) is 4.54. The van der Waals surface area contributed by atoms with Gasteiger partial charge in [0.1, 0.15) is 11.9 Å². The molecule has 1 aliphatic rings. The number of carbonyl (C=O) groups is 4. The molecular weight excluding hydrogens is 554 g/mol. The Morgan fingerprint density at radius 1 is 1.17 bits per heavy atom. The minimum Gasteiger partial charge on any atom is -0.469 e. The van der Waals surface area contributed by atoms with Gasteiger partial charge in [-0.2, -0.15) is 4.98 Å². The van der Waals surface area contributed by atoms with Gasteiger partial charge in [-0.25, -0.2) is 4.79 Å². The summed E-state index contributed by atoms with van der Waals surface area (Å²) in [7, 11) is 2.43. The van der Waals surface area contributed by atoms with E-state index in [1.807, 2.05) is 0 Å². The summed E-state index contributed by atoms with van der Waals surface area (Å²) in [5.41, 5.74) is 0.691.